The molecule has 1 nitrogen and oxygen atoms in total. The highest BCUT2D eigenvalue weighted by molar-refractivity contribution is 7.95. The van der Waals surface area contributed by atoms with Crippen molar-refractivity contribution in [3.8, 4) is 5.75 Å². The van der Waals surface area contributed by atoms with Gasteiger partial charge >= 0.3 is 0 Å². The van der Waals surface area contributed by atoms with Crippen LogP contribution in [0.25, 0.3) is 0 Å². The second-order valence-electron chi connectivity index (χ2n) is 7.45. The number of benzene rings is 4. The average Bonchev–Trinajstić information content (AvgIpc) is 2.83. The van der Waals surface area contributed by atoms with Gasteiger partial charge in [-0.05, 0) is 49.4 Å². The van der Waals surface area contributed by atoms with Crippen molar-refractivity contribution in [2.75, 3.05) is 7.11 Å². The molecule has 0 amide bonds. The Kier molecular flexibility index (Phi) is 6.68. The number of ether oxygens (including phenoxy) is 1. The van der Waals surface area contributed by atoms with Crippen molar-refractivity contribution >= 4 is 46.4 Å². The summed E-state index contributed by atoms with van der Waals surface area (Å²) in [6, 6.07) is 34.1. The molecule has 0 aliphatic carbocycles. The van der Waals surface area contributed by atoms with E-state index in [4.69, 9.17) is 27.9 Å². The fourth-order valence-corrected chi connectivity index (χ4v) is 9.16. The third kappa shape index (κ3) is 4.11. The Morgan fingerprint density at radius 1 is 0.710 bits per heavy atom. The lowest BCUT2D eigenvalue weighted by Crippen LogP contribution is -2.32. The number of hydrogen-bond acceptors (Lipinski definition) is 1. The minimum Gasteiger partial charge on any atom is -0.496 e. The van der Waals surface area contributed by atoms with E-state index in [1.807, 2.05) is 13.0 Å². The van der Waals surface area contributed by atoms with Crippen molar-refractivity contribution < 1.29 is 4.74 Å². The van der Waals surface area contributed by atoms with Crippen LogP contribution in [0.15, 0.2) is 97.1 Å². The van der Waals surface area contributed by atoms with Crippen LogP contribution in [-0.4, -0.2) is 7.11 Å². The Morgan fingerprint density at radius 2 is 1.13 bits per heavy atom. The van der Waals surface area contributed by atoms with Crippen LogP contribution in [0.4, 0.5) is 0 Å². The topological polar surface area (TPSA) is 9.23 Å². The first-order chi connectivity index (χ1) is 15.1. The van der Waals surface area contributed by atoms with E-state index in [-0.39, 0.29) is 0 Å². The highest BCUT2D eigenvalue weighted by atomic mass is 35.5. The van der Waals surface area contributed by atoms with Crippen molar-refractivity contribution in [3.05, 3.63) is 118 Å². The first-order valence-electron chi connectivity index (χ1n) is 10.1. The molecular weight excluding hydrogens is 442 g/mol. The maximum Gasteiger partial charge on any atom is 0.124 e. The smallest absolute Gasteiger partial charge is 0.124 e. The van der Waals surface area contributed by atoms with Gasteiger partial charge in [-0.25, -0.2) is 0 Å². The van der Waals surface area contributed by atoms with Gasteiger partial charge in [-0.15, -0.1) is 0 Å². The number of halogens is 2. The van der Waals surface area contributed by atoms with Crippen molar-refractivity contribution in [2.24, 2.45) is 0 Å². The van der Waals surface area contributed by atoms with Gasteiger partial charge in [0.25, 0.3) is 0 Å². The van der Waals surface area contributed by atoms with Crippen LogP contribution in [0.3, 0.4) is 0 Å². The molecule has 0 unspecified atom stereocenters. The van der Waals surface area contributed by atoms with Crippen LogP contribution < -0.4 is 20.7 Å². The normalized spacial score (nSPS) is 11.4. The van der Waals surface area contributed by atoms with Gasteiger partial charge < -0.3 is 4.74 Å². The third-order valence-electron chi connectivity index (χ3n) is 5.72. The molecule has 0 saturated carbocycles. The van der Waals surface area contributed by atoms with Crippen molar-refractivity contribution in [1.82, 2.24) is 0 Å². The Labute approximate surface area is 195 Å². The summed E-state index contributed by atoms with van der Waals surface area (Å²) >= 11 is 13.7. The summed E-state index contributed by atoms with van der Waals surface area (Å²) in [5.74, 6) is 0.710. The highest BCUT2D eigenvalue weighted by Gasteiger charge is 2.46. The molecule has 0 fully saturated rings. The predicted molar refractivity (Wildman–Crippen MR) is 137 cm³/mol. The lowest BCUT2D eigenvalue weighted by Gasteiger charge is -2.29. The fourth-order valence-electron chi connectivity index (χ4n) is 4.11. The van der Waals surface area contributed by atoms with Gasteiger partial charge in [0.2, 0.25) is 0 Å². The van der Waals surface area contributed by atoms with E-state index in [9.17, 15) is 0 Å². The van der Waals surface area contributed by atoms with Crippen LogP contribution in [0.2, 0.25) is 10.0 Å². The summed E-state index contributed by atoms with van der Waals surface area (Å²) in [5, 5.41) is 5.21. The van der Waals surface area contributed by atoms with Gasteiger partial charge in [-0.3, -0.25) is 0 Å². The van der Waals surface area contributed by atoms with Crippen LogP contribution in [0.1, 0.15) is 11.1 Å². The second-order valence-corrected chi connectivity index (χ2v) is 11.7. The first-order valence-corrected chi connectivity index (χ1v) is 12.9. The molecule has 0 saturated heterocycles. The molecule has 0 aliphatic rings. The minimum absolute atomic E-state index is 0.639. The van der Waals surface area contributed by atoms with E-state index in [1.54, 1.807) is 7.11 Å². The second kappa shape index (κ2) is 9.45. The molecule has 4 rings (SSSR count). The molecule has 4 aromatic rings. The van der Waals surface area contributed by atoms with Crippen molar-refractivity contribution in [2.45, 2.75) is 13.1 Å². The molecule has 31 heavy (non-hydrogen) atoms. The molecule has 0 heterocycles. The predicted octanol–water partition coefficient (Wildman–Crippen LogP) is 6.80. The number of rotatable bonds is 6. The minimum atomic E-state index is -2.08. The SMILES string of the molecule is COc1cc(Cl)c(C[P+](c2ccccc2)(c2ccccc2)c2ccccc2)c(Cl)c1C. The standard InChI is InChI=1S/C27H24Cl2OP/c1-20-26(30-2)18-25(28)24(27(20)29)19-31(21-12-6-3-7-13-21,22-14-8-4-9-15-22)23-16-10-5-11-17-23/h3-18H,19H2,1-2H3/q+1. The largest absolute Gasteiger partial charge is 0.496 e. The molecule has 0 atom stereocenters. The number of methoxy groups -OCH3 is 1. The molecular formula is C27H24Cl2OP+. The van der Waals surface area contributed by atoms with Gasteiger partial charge in [0.1, 0.15) is 35.1 Å². The molecule has 0 radical (unpaired) electrons. The summed E-state index contributed by atoms with van der Waals surface area (Å²) < 4.78 is 5.49. The van der Waals surface area contributed by atoms with Crippen molar-refractivity contribution in [1.29, 1.82) is 0 Å². The molecule has 4 aromatic carbocycles. The highest BCUT2D eigenvalue weighted by Crippen LogP contribution is 2.59. The maximum atomic E-state index is 6.90. The zero-order valence-electron chi connectivity index (χ0n) is 17.6. The molecule has 0 N–H and O–H groups in total. The van der Waals surface area contributed by atoms with Gasteiger partial charge in [-0.2, -0.15) is 0 Å². The molecule has 0 bridgehead atoms. The lowest BCUT2D eigenvalue weighted by atomic mass is 10.1. The Balaban J connectivity index is 2.04. The van der Waals surface area contributed by atoms with E-state index in [0.717, 1.165) is 17.3 Å². The zero-order valence-corrected chi connectivity index (χ0v) is 20.0. The Hall–Kier alpha value is -2.31. The van der Waals surface area contributed by atoms with Crippen molar-refractivity contribution in [3.63, 3.8) is 0 Å². The molecule has 156 valence electrons. The van der Waals surface area contributed by atoms with Gasteiger partial charge in [0.15, 0.2) is 0 Å². The van der Waals surface area contributed by atoms with E-state index >= 15 is 0 Å². The van der Waals surface area contributed by atoms with E-state index in [0.29, 0.717) is 15.8 Å². The van der Waals surface area contributed by atoms with Gasteiger partial charge in [0, 0.05) is 11.1 Å². The fraction of sp³-hybridized carbons (Fsp3) is 0.111. The monoisotopic (exact) mass is 465 g/mol. The van der Waals surface area contributed by atoms with Gasteiger partial charge in [-0.1, -0.05) is 77.8 Å². The quantitative estimate of drug-likeness (QED) is 0.284. The summed E-state index contributed by atoms with van der Waals surface area (Å²) in [6.07, 6.45) is 0.730. The molecule has 0 spiro atoms. The Bertz CT molecular complexity index is 1070. The summed E-state index contributed by atoms with van der Waals surface area (Å²) in [6.45, 7) is 1.98. The average molecular weight is 466 g/mol. The van der Waals surface area contributed by atoms with E-state index < -0.39 is 7.26 Å². The van der Waals surface area contributed by atoms with E-state index in [2.05, 4.69) is 91.0 Å². The van der Waals surface area contributed by atoms with Crippen LogP contribution in [-0.2, 0) is 6.16 Å². The summed E-state index contributed by atoms with van der Waals surface area (Å²) in [4.78, 5) is 0. The molecule has 4 heteroatoms. The van der Waals surface area contributed by atoms with Crippen LogP contribution in [0.5, 0.6) is 5.75 Å². The number of hydrogen-bond donors (Lipinski definition) is 0. The Morgan fingerprint density at radius 3 is 1.52 bits per heavy atom. The zero-order chi connectivity index (χ0) is 21.8. The summed E-state index contributed by atoms with van der Waals surface area (Å²) in [7, 11) is -0.439. The third-order valence-corrected chi connectivity index (χ3v) is 10.9. The van der Waals surface area contributed by atoms with Crippen LogP contribution >= 0.6 is 30.5 Å². The first kappa shape index (κ1) is 21.9. The maximum absolute atomic E-state index is 6.90. The summed E-state index contributed by atoms with van der Waals surface area (Å²) in [5.41, 5.74) is 1.88. The van der Waals surface area contributed by atoms with E-state index in [1.165, 1.54) is 15.9 Å². The van der Waals surface area contributed by atoms with Gasteiger partial charge in [0.05, 0.1) is 17.2 Å². The molecule has 0 aliphatic heterocycles. The lowest BCUT2D eigenvalue weighted by molar-refractivity contribution is 0.411. The van der Waals surface area contributed by atoms with Crippen LogP contribution in [0, 0.1) is 6.92 Å². The molecule has 0 aromatic heterocycles.